The zero-order chi connectivity index (χ0) is 9.02. The zero-order valence-corrected chi connectivity index (χ0v) is 7.09. The summed E-state index contributed by atoms with van der Waals surface area (Å²) in [6.45, 7) is 3.40. The summed E-state index contributed by atoms with van der Waals surface area (Å²) in [5, 5.41) is -0.709. The second-order valence-electron chi connectivity index (χ2n) is 2.41. The Morgan fingerprint density at radius 1 is 1.45 bits per heavy atom. The summed E-state index contributed by atoms with van der Waals surface area (Å²) in [7, 11) is 0. The molecule has 0 aliphatic carbocycles. The summed E-state index contributed by atoms with van der Waals surface area (Å²) in [4.78, 5) is 20.8. The Hall–Kier alpha value is -0.770. The minimum atomic E-state index is -0.988. The summed E-state index contributed by atoms with van der Waals surface area (Å²) in [6.07, 6.45) is -1.92. The van der Waals surface area contributed by atoms with Crippen molar-refractivity contribution < 1.29 is 14.3 Å². The number of carbonyl (C=O) groups is 2. The van der Waals surface area contributed by atoms with E-state index >= 15 is 0 Å². The van der Waals surface area contributed by atoms with Crippen LogP contribution in [0, 0.1) is 5.92 Å². The molecule has 5 heteroatoms. The van der Waals surface area contributed by atoms with E-state index in [-0.39, 0.29) is 5.92 Å². The van der Waals surface area contributed by atoms with Crippen molar-refractivity contribution >= 4 is 22.9 Å². The maximum absolute atomic E-state index is 10.6. The Labute approximate surface area is 69.6 Å². The normalized spacial score (nSPS) is 12.7. The fourth-order valence-corrected chi connectivity index (χ4v) is 0.866. The Morgan fingerprint density at radius 3 is 2.00 bits per heavy atom. The molecule has 0 saturated heterocycles. The summed E-state index contributed by atoms with van der Waals surface area (Å²) < 4.78 is 4.43. The van der Waals surface area contributed by atoms with Gasteiger partial charge in [0.05, 0.1) is 0 Å². The van der Waals surface area contributed by atoms with Crippen molar-refractivity contribution in [1.82, 2.24) is 0 Å². The van der Waals surface area contributed by atoms with Crippen molar-refractivity contribution in [2.75, 3.05) is 0 Å². The molecule has 1 atom stereocenters. The largest absolute Gasteiger partial charge is 0.437 e. The molecule has 0 heterocycles. The molecule has 1 amide bonds. The number of ether oxygens (including phenoxy) is 1. The third-order valence-corrected chi connectivity index (χ3v) is 1.29. The molecule has 0 saturated carbocycles. The summed E-state index contributed by atoms with van der Waals surface area (Å²) in [5.74, 6) is -0.160. The minimum absolute atomic E-state index is 0.160. The first-order valence-electron chi connectivity index (χ1n) is 3.10. The van der Waals surface area contributed by atoms with Gasteiger partial charge in [0.15, 0.2) is 6.10 Å². The summed E-state index contributed by atoms with van der Waals surface area (Å²) >= 11 is 5.11. The Bertz CT molecular complexity index is 169. The first kappa shape index (κ1) is 10.2. The molecule has 11 heavy (non-hydrogen) atoms. The highest BCUT2D eigenvalue weighted by Gasteiger charge is 2.23. The molecule has 0 aliphatic heterocycles. The van der Waals surface area contributed by atoms with Crippen molar-refractivity contribution in [1.29, 1.82) is 0 Å². The lowest BCUT2D eigenvalue weighted by Gasteiger charge is -2.14. The van der Waals surface area contributed by atoms with Crippen LogP contribution >= 0.6 is 11.6 Å². The molecule has 64 valence electrons. The summed E-state index contributed by atoms with van der Waals surface area (Å²) in [5.41, 5.74) is 4.70. The van der Waals surface area contributed by atoms with Gasteiger partial charge in [0.2, 0.25) is 0 Å². The van der Waals surface area contributed by atoms with E-state index in [2.05, 4.69) is 4.74 Å². The highest BCUT2D eigenvalue weighted by molar-refractivity contribution is 6.64. The van der Waals surface area contributed by atoms with Gasteiger partial charge < -0.3 is 10.5 Å². The van der Waals surface area contributed by atoms with Gasteiger partial charge in [-0.15, -0.1) is 0 Å². The van der Waals surface area contributed by atoms with Crippen molar-refractivity contribution in [3.63, 3.8) is 0 Å². The molecule has 0 fully saturated rings. The van der Waals surface area contributed by atoms with E-state index in [1.54, 1.807) is 13.8 Å². The van der Waals surface area contributed by atoms with E-state index in [0.717, 1.165) is 0 Å². The Balaban J connectivity index is 4.12. The van der Waals surface area contributed by atoms with Crippen LogP contribution < -0.4 is 5.73 Å². The van der Waals surface area contributed by atoms with E-state index in [1.807, 2.05) is 0 Å². The van der Waals surface area contributed by atoms with Crippen LogP contribution in [0.1, 0.15) is 13.8 Å². The molecule has 0 aliphatic rings. The lowest BCUT2D eigenvalue weighted by Crippen LogP contribution is -2.31. The summed E-state index contributed by atoms with van der Waals surface area (Å²) in [6, 6.07) is 0. The molecule has 0 radical (unpaired) electrons. The third kappa shape index (κ3) is 3.83. The van der Waals surface area contributed by atoms with Crippen molar-refractivity contribution in [2.45, 2.75) is 20.0 Å². The van der Waals surface area contributed by atoms with Crippen LogP contribution in [0.25, 0.3) is 0 Å². The smallest absolute Gasteiger partial charge is 0.405 e. The quantitative estimate of drug-likeness (QED) is 0.654. The van der Waals surface area contributed by atoms with Crippen LogP contribution in [0.4, 0.5) is 4.79 Å². The molecular weight excluding hydrogens is 170 g/mol. The molecule has 0 rings (SSSR count). The van der Waals surface area contributed by atoms with Gasteiger partial charge in [0, 0.05) is 0 Å². The molecule has 4 nitrogen and oxygen atoms in total. The Morgan fingerprint density at radius 2 is 1.91 bits per heavy atom. The number of hydrogen-bond donors (Lipinski definition) is 1. The number of nitrogens with two attached hydrogens (primary N) is 1. The fraction of sp³-hybridized carbons (Fsp3) is 0.667. The average Bonchev–Trinajstić information content (AvgIpc) is 1.81. The van der Waals surface area contributed by atoms with Gasteiger partial charge in [-0.3, -0.25) is 4.79 Å². The first-order chi connectivity index (χ1) is 4.95. The Kier molecular flexibility index (Phi) is 3.89. The predicted molar refractivity (Wildman–Crippen MR) is 40.2 cm³/mol. The average molecular weight is 180 g/mol. The zero-order valence-electron chi connectivity index (χ0n) is 6.33. The number of hydrogen-bond acceptors (Lipinski definition) is 3. The predicted octanol–water partition coefficient (Wildman–Crippen LogP) is 0.872. The van der Waals surface area contributed by atoms with Crippen molar-refractivity contribution in [3.05, 3.63) is 0 Å². The second kappa shape index (κ2) is 4.18. The lowest BCUT2D eigenvalue weighted by molar-refractivity contribution is -0.121. The molecule has 0 bridgehead atoms. The van der Waals surface area contributed by atoms with Crippen LogP contribution in [0.5, 0.6) is 0 Å². The van der Waals surface area contributed by atoms with Crippen molar-refractivity contribution in [3.8, 4) is 0 Å². The first-order valence-corrected chi connectivity index (χ1v) is 3.48. The highest BCUT2D eigenvalue weighted by Crippen LogP contribution is 2.09. The second-order valence-corrected chi connectivity index (χ2v) is 2.78. The van der Waals surface area contributed by atoms with Crippen LogP contribution in [0.2, 0.25) is 0 Å². The maximum atomic E-state index is 10.6. The van der Waals surface area contributed by atoms with Gasteiger partial charge in [-0.1, -0.05) is 13.8 Å². The highest BCUT2D eigenvalue weighted by atomic mass is 35.5. The lowest BCUT2D eigenvalue weighted by atomic mass is 10.1. The standard InChI is InChI=1S/C6H10ClNO3/c1-3(2)4(5(7)9)11-6(8)10/h3-4H,1-2H3,(H2,8,10). The van der Waals surface area contributed by atoms with Gasteiger partial charge in [0.25, 0.3) is 5.24 Å². The van der Waals surface area contributed by atoms with Crippen LogP contribution in [0.15, 0.2) is 0 Å². The van der Waals surface area contributed by atoms with E-state index < -0.39 is 17.4 Å². The molecule has 2 N–H and O–H groups in total. The van der Waals surface area contributed by atoms with E-state index in [0.29, 0.717) is 0 Å². The minimum Gasteiger partial charge on any atom is -0.437 e. The third-order valence-electron chi connectivity index (χ3n) is 1.07. The van der Waals surface area contributed by atoms with Crippen molar-refractivity contribution in [2.24, 2.45) is 11.7 Å². The van der Waals surface area contributed by atoms with Gasteiger partial charge in [0.1, 0.15) is 0 Å². The molecular formula is C6H10ClNO3. The number of amides is 1. The molecule has 0 aromatic carbocycles. The van der Waals surface area contributed by atoms with E-state index in [4.69, 9.17) is 17.3 Å². The van der Waals surface area contributed by atoms with E-state index in [1.165, 1.54) is 0 Å². The molecule has 0 spiro atoms. The SMILES string of the molecule is CC(C)C(OC(N)=O)C(=O)Cl. The monoisotopic (exact) mass is 179 g/mol. The molecule has 0 aromatic heterocycles. The topological polar surface area (TPSA) is 69.4 Å². The molecule has 1 unspecified atom stereocenters. The van der Waals surface area contributed by atoms with Crippen LogP contribution in [-0.2, 0) is 9.53 Å². The van der Waals surface area contributed by atoms with E-state index in [9.17, 15) is 9.59 Å². The number of carbonyl (C=O) groups excluding carboxylic acids is 2. The fourth-order valence-electron chi connectivity index (χ4n) is 0.570. The number of primary amides is 1. The van der Waals surface area contributed by atoms with Crippen LogP contribution in [0.3, 0.4) is 0 Å². The maximum Gasteiger partial charge on any atom is 0.405 e. The number of halogens is 1. The van der Waals surface area contributed by atoms with Gasteiger partial charge in [-0.05, 0) is 17.5 Å². The van der Waals surface area contributed by atoms with Gasteiger partial charge >= 0.3 is 6.09 Å². The number of rotatable bonds is 3. The van der Waals surface area contributed by atoms with Crippen LogP contribution in [-0.4, -0.2) is 17.4 Å². The van der Waals surface area contributed by atoms with Gasteiger partial charge in [-0.25, -0.2) is 4.79 Å². The molecule has 0 aromatic rings. The van der Waals surface area contributed by atoms with Gasteiger partial charge in [-0.2, -0.15) is 0 Å².